The SMILES string of the molecule is CN1CCC2(CCC1=O)CC(NC(=O)Cn1cncn1)c1ccccc1O2. The first kappa shape index (κ1) is 17.5. The first-order valence-electron chi connectivity index (χ1n) is 9.18. The molecule has 2 aromatic rings. The molecule has 2 amide bonds. The van der Waals surface area contributed by atoms with E-state index >= 15 is 0 Å². The van der Waals surface area contributed by atoms with E-state index in [0.29, 0.717) is 25.8 Å². The summed E-state index contributed by atoms with van der Waals surface area (Å²) in [5.41, 5.74) is 0.527. The molecule has 27 heavy (non-hydrogen) atoms. The molecule has 1 saturated heterocycles. The molecule has 0 bridgehead atoms. The predicted molar refractivity (Wildman–Crippen MR) is 96.8 cm³/mol. The number of carbonyl (C=O) groups excluding carboxylic acids is 2. The summed E-state index contributed by atoms with van der Waals surface area (Å²) < 4.78 is 7.89. The molecule has 2 atom stereocenters. The number of rotatable bonds is 3. The van der Waals surface area contributed by atoms with Crippen LogP contribution in [0.5, 0.6) is 5.75 Å². The summed E-state index contributed by atoms with van der Waals surface area (Å²) >= 11 is 0. The number of benzene rings is 1. The summed E-state index contributed by atoms with van der Waals surface area (Å²) in [5, 5.41) is 7.10. The number of ether oxygens (including phenoxy) is 1. The van der Waals surface area contributed by atoms with Crippen LogP contribution in [0.2, 0.25) is 0 Å². The summed E-state index contributed by atoms with van der Waals surface area (Å²) in [7, 11) is 1.83. The normalized spacial score (nSPS) is 24.9. The van der Waals surface area contributed by atoms with Crippen LogP contribution in [0.25, 0.3) is 0 Å². The van der Waals surface area contributed by atoms with Crippen molar-refractivity contribution in [3.8, 4) is 5.75 Å². The molecule has 2 aliphatic rings. The fourth-order valence-electron chi connectivity index (χ4n) is 3.90. The zero-order valence-electron chi connectivity index (χ0n) is 15.3. The molecule has 0 saturated carbocycles. The van der Waals surface area contributed by atoms with Crippen LogP contribution in [0.1, 0.15) is 37.3 Å². The van der Waals surface area contributed by atoms with Crippen molar-refractivity contribution < 1.29 is 14.3 Å². The quantitative estimate of drug-likeness (QED) is 0.881. The summed E-state index contributed by atoms with van der Waals surface area (Å²) in [4.78, 5) is 30.3. The maximum atomic E-state index is 12.5. The molecule has 2 unspecified atom stereocenters. The molecule has 8 nitrogen and oxygen atoms in total. The van der Waals surface area contributed by atoms with Crippen molar-refractivity contribution in [2.75, 3.05) is 13.6 Å². The maximum absolute atomic E-state index is 12.5. The number of hydrogen-bond acceptors (Lipinski definition) is 5. The van der Waals surface area contributed by atoms with E-state index in [1.807, 2.05) is 31.3 Å². The molecule has 8 heteroatoms. The molecule has 0 radical (unpaired) electrons. The van der Waals surface area contributed by atoms with Crippen molar-refractivity contribution in [1.82, 2.24) is 25.0 Å². The molecule has 1 fully saturated rings. The van der Waals surface area contributed by atoms with Crippen molar-refractivity contribution >= 4 is 11.8 Å². The second-order valence-corrected chi connectivity index (χ2v) is 7.31. The number of aromatic nitrogens is 3. The van der Waals surface area contributed by atoms with Gasteiger partial charge in [0.05, 0.1) is 6.04 Å². The van der Waals surface area contributed by atoms with E-state index in [0.717, 1.165) is 17.7 Å². The largest absolute Gasteiger partial charge is 0.487 e. The fraction of sp³-hybridized carbons (Fsp3) is 0.474. The zero-order chi connectivity index (χ0) is 18.9. The topological polar surface area (TPSA) is 89.4 Å². The van der Waals surface area contributed by atoms with Crippen LogP contribution in [0.3, 0.4) is 0 Å². The highest BCUT2D eigenvalue weighted by Crippen LogP contribution is 2.44. The van der Waals surface area contributed by atoms with E-state index in [4.69, 9.17) is 4.74 Å². The lowest BCUT2D eigenvalue weighted by Crippen LogP contribution is -2.46. The van der Waals surface area contributed by atoms with E-state index in [2.05, 4.69) is 15.4 Å². The van der Waals surface area contributed by atoms with Crippen LogP contribution in [0.4, 0.5) is 0 Å². The Labute approximate surface area is 157 Å². The van der Waals surface area contributed by atoms with Gasteiger partial charge in [0.25, 0.3) is 0 Å². The summed E-state index contributed by atoms with van der Waals surface area (Å²) in [5.74, 6) is 0.798. The number of amides is 2. The molecule has 4 rings (SSSR count). The van der Waals surface area contributed by atoms with Gasteiger partial charge in [0.2, 0.25) is 11.8 Å². The minimum atomic E-state index is -0.444. The smallest absolute Gasteiger partial charge is 0.242 e. The number of para-hydroxylation sites is 1. The number of nitrogens with zero attached hydrogens (tertiary/aromatic N) is 4. The van der Waals surface area contributed by atoms with E-state index in [9.17, 15) is 9.59 Å². The Hall–Kier alpha value is -2.90. The summed E-state index contributed by atoms with van der Waals surface area (Å²) in [6.45, 7) is 0.772. The molecule has 2 aliphatic heterocycles. The van der Waals surface area contributed by atoms with Gasteiger partial charge in [0, 0.05) is 38.4 Å². The lowest BCUT2D eigenvalue weighted by Gasteiger charge is -2.42. The third kappa shape index (κ3) is 3.65. The Balaban J connectivity index is 1.56. The predicted octanol–water partition coefficient (Wildman–Crippen LogP) is 1.30. The monoisotopic (exact) mass is 369 g/mol. The van der Waals surface area contributed by atoms with Crippen LogP contribution in [0.15, 0.2) is 36.9 Å². The molecule has 1 aromatic heterocycles. The van der Waals surface area contributed by atoms with Gasteiger partial charge in [-0.3, -0.25) is 9.59 Å². The third-order valence-electron chi connectivity index (χ3n) is 5.43. The van der Waals surface area contributed by atoms with Crippen LogP contribution in [-0.2, 0) is 16.1 Å². The first-order chi connectivity index (χ1) is 13.0. The first-order valence-corrected chi connectivity index (χ1v) is 9.18. The average molecular weight is 369 g/mol. The van der Waals surface area contributed by atoms with E-state index in [1.54, 1.807) is 4.90 Å². The number of nitrogens with one attached hydrogen (secondary N) is 1. The van der Waals surface area contributed by atoms with E-state index in [-0.39, 0.29) is 24.4 Å². The average Bonchev–Trinajstić information content (AvgIpc) is 3.12. The minimum absolute atomic E-state index is 0.119. The van der Waals surface area contributed by atoms with Crippen molar-refractivity contribution in [3.63, 3.8) is 0 Å². The van der Waals surface area contributed by atoms with E-state index in [1.165, 1.54) is 17.3 Å². The number of fused-ring (bicyclic) bond motifs is 1. The Morgan fingerprint density at radius 1 is 1.37 bits per heavy atom. The lowest BCUT2D eigenvalue weighted by molar-refractivity contribution is -0.129. The molecule has 1 aromatic carbocycles. The lowest BCUT2D eigenvalue weighted by atomic mass is 9.82. The van der Waals surface area contributed by atoms with Gasteiger partial charge in [0.1, 0.15) is 30.5 Å². The van der Waals surface area contributed by atoms with E-state index < -0.39 is 5.60 Å². The highest BCUT2D eigenvalue weighted by molar-refractivity contribution is 5.77. The van der Waals surface area contributed by atoms with Crippen molar-refractivity contribution in [2.45, 2.75) is 43.9 Å². The molecule has 3 heterocycles. The molecule has 142 valence electrons. The molecule has 1 N–H and O–H groups in total. The van der Waals surface area contributed by atoms with Crippen LogP contribution in [0, 0.1) is 0 Å². The van der Waals surface area contributed by atoms with Gasteiger partial charge < -0.3 is 15.0 Å². The summed E-state index contributed by atoms with van der Waals surface area (Å²) in [6.07, 6.45) is 5.43. The second kappa shape index (κ2) is 7.02. The number of carbonyl (C=O) groups is 2. The van der Waals surface area contributed by atoms with Gasteiger partial charge in [-0.05, 0) is 12.5 Å². The van der Waals surface area contributed by atoms with Crippen LogP contribution in [-0.4, -0.2) is 50.7 Å². The molecule has 1 spiro atoms. The Kier molecular flexibility index (Phi) is 4.55. The van der Waals surface area contributed by atoms with Gasteiger partial charge in [-0.15, -0.1) is 0 Å². The zero-order valence-corrected chi connectivity index (χ0v) is 15.3. The molecule has 0 aliphatic carbocycles. The number of hydrogen-bond donors (Lipinski definition) is 1. The number of likely N-dealkylation sites (tertiary alicyclic amines) is 1. The minimum Gasteiger partial charge on any atom is -0.487 e. The summed E-state index contributed by atoms with van der Waals surface area (Å²) in [6, 6.07) is 7.63. The standard InChI is InChI=1S/C19H23N5O3/c1-23-9-8-19(7-6-18(23)26)10-15(14-4-2-3-5-16(14)27-19)22-17(25)11-24-13-20-12-21-24/h2-5,12-13,15H,6-11H2,1H3,(H,22,25). The molecular formula is C19H23N5O3. The van der Waals surface area contributed by atoms with Crippen molar-refractivity contribution in [2.24, 2.45) is 0 Å². The fourth-order valence-corrected chi connectivity index (χ4v) is 3.90. The Morgan fingerprint density at radius 3 is 3.04 bits per heavy atom. The van der Waals surface area contributed by atoms with Gasteiger partial charge >= 0.3 is 0 Å². The van der Waals surface area contributed by atoms with Crippen LogP contribution >= 0.6 is 0 Å². The highest BCUT2D eigenvalue weighted by atomic mass is 16.5. The van der Waals surface area contributed by atoms with Crippen molar-refractivity contribution in [3.05, 3.63) is 42.5 Å². The highest BCUT2D eigenvalue weighted by Gasteiger charge is 2.43. The van der Waals surface area contributed by atoms with Gasteiger partial charge in [-0.1, -0.05) is 18.2 Å². The van der Waals surface area contributed by atoms with Crippen molar-refractivity contribution in [1.29, 1.82) is 0 Å². The second-order valence-electron chi connectivity index (χ2n) is 7.31. The van der Waals surface area contributed by atoms with Gasteiger partial charge in [-0.2, -0.15) is 5.10 Å². The Bertz CT molecular complexity index is 838. The van der Waals surface area contributed by atoms with Crippen LogP contribution < -0.4 is 10.1 Å². The van der Waals surface area contributed by atoms with Gasteiger partial charge in [0.15, 0.2) is 0 Å². The maximum Gasteiger partial charge on any atom is 0.242 e. The Morgan fingerprint density at radius 2 is 2.22 bits per heavy atom. The molecular weight excluding hydrogens is 346 g/mol. The third-order valence-corrected chi connectivity index (χ3v) is 5.43. The van der Waals surface area contributed by atoms with Gasteiger partial charge in [-0.25, -0.2) is 9.67 Å².